The zero-order valence-electron chi connectivity index (χ0n) is 25.2. The number of amides is 4. The van der Waals surface area contributed by atoms with E-state index in [4.69, 9.17) is 18.9 Å². The van der Waals surface area contributed by atoms with E-state index in [1.54, 1.807) is 4.90 Å². The highest BCUT2D eigenvalue weighted by atomic mass is 79.9. The Hall–Kier alpha value is -3.38. The van der Waals surface area contributed by atoms with Crippen LogP contribution in [0, 0.1) is 11.8 Å². The van der Waals surface area contributed by atoms with Gasteiger partial charge in [-0.3, -0.25) is 24.1 Å². The van der Waals surface area contributed by atoms with Gasteiger partial charge in [0.1, 0.15) is 8.96 Å². The first-order chi connectivity index (χ1) is 22.4. The standard InChI is InChI=1S/C33H35Br2N3O8/c34-30-31(35)33(42)37(32(30)41)14-16-44-18-20-46-22-21-45-19-17-43-15-13-36-28(39)11-12-29(40)38-23-26-7-2-1-5-24(26)9-10-25-6-3-4-8-27(25)38/h1-8H,11-23H2,(H,36,39). The lowest BCUT2D eigenvalue weighted by atomic mass is 10.0. The van der Waals surface area contributed by atoms with E-state index in [-0.39, 0.29) is 58.6 Å². The lowest BCUT2D eigenvalue weighted by Crippen LogP contribution is -2.34. The number of nitrogens with zero attached hydrogens (tertiary/aromatic N) is 2. The molecule has 2 aliphatic heterocycles. The number of ether oxygens (including phenoxy) is 4. The SMILES string of the molecule is O=C(CCC(=O)N1Cc2ccccc2C#Cc2ccccc21)NCCOCCOCCOCCOCCN1C(=O)C(Br)=C(Br)C1=O. The van der Waals surface area contributed by atoms with Crippen LogP contribution < -0.4 is 10.2 Å². The zero-order valence-corrected chi connectivity index (χ0v) is 28.4. The lowest BCUT2D eigenvalue weighted by Gasteiger charge is -2.26. The van der Waals surface area contributed by atoms with Crippen LogP contribution in [0.4, 0.5) is 5.69 Å². The van der Waals surface area contributed by atoms with Crippen LogP contribution in [0.15, 0.2) is 57.5 Å². The summed E-state index contributed by atoms with van der Waals surface area (Å²) in [5.41, 5.74) is 3.37. The van der Waals surface area contributed by atoms with Crippen molar-refractivity contribution in [2.45, 2.75) is 19.4 Å². The molecule has 2 aromatic rings. The second kappa shape index (κ2) is 18.7. The predicted octanol–water partition coefficient (Wildman–Crippen LogP) is 3.27. The molecule has 0 radical (unpaired) electrons. The molecule has 244 valence electrons. The number of anilines is 1. The summed E-state index contributed by atoms with van der Waals surface area (Å²) >= 11 is 6.16. The number of hydrogen-bond acceptors (Lipinski definition) is 8. The van der Waals surface area contributed by atoms with E-state index >= 15 is 0 Å². The molecule has 13 heteroatoms. The maximum Gasteiger partial charge on any atom is 0.269 e. The summed E-state index contributed by atoms with van der Waals surface area (Å²) < 4.78 is 22.2. The summed E-state index contributed by atoms with van der Waals surface area (Å²) in [6.07, 6.45) is 0.150. The predicted molar refractivity (Wildman–Crippen MR) is 177 cm³/mol. The van der Waals surface area contributed by atoms with Gasteiger partial charge >= 0.3 is 0 Å². The van der Waals surface area contributed by atoms with Gasteiger partial charge < -0.3 is 29.2 Å². The van der Waals surface area contributed by atoms with Crippen molar-refractivity contribution in [3.05, 3.63) is 74.2 Å². The Kier molecular flexibility index (Phi) is 14.4. The first-order valence-electron chi connectivity index (χ1n) is 14.8. The Morgan fingerprint density at radius 3 is 1.93 bits per heavy atom. The minimum atomic E-state index is -0.389. The number of benzene rings is 2. The third kappa shape index (κ3) is 10.3. The fraction of sp³-hybridized carbons (Fsp3) is 0.394. The van der Waals surface area contributed by atoms with Gasteiger partial charge in [0.05, 0.1) is 71.6 Å². The number of carbonyl (C=O) groups is 4. The van der Waals surface area contributed by atoms with Gasteiger partial charge in [-0.05, 0) is 55.6 Å². The summed E-state index contributed by atoms with van der Waals surface area (Å²) in [6, 6.07) is 15.3. The third-order valence-corrected chi connectivity index (χ3v) is 8.95. The summed E-state index contributed by atoms with van der Waals surface area (Å²) in [4.78, 5) is 52.3. The van der Waals surface area contributed by atoms with Crippen LogP contribution in [-0.4, -0.2) is 94.5 Å². The highest BCUT2D eigenvalue weighted by Gasteiger charge is 2.35. The molecule has 11 nitrogen and oxygen atoms in total. The summed E-state index contributed by atoms with van der Waals surface area (Å²) in [6.45, 7) is 3.61. The molecular weight excluding hydrogens is 726 g/mol. The fourth-order valence-corrected chi connectivity index (χ4v) is 5.32. The highest BCUT2D eigenvalue weighted by Crippen LogP contribution is 2.29. The molecule has 0 fully saturated rings. The average Bonchev–Trinajstić information content (AvgIpc) is 3.24. The topological polar surface area (TPSA) is 124 Å². The van der Waals surface area contributed by atoms with Gasteiger partial charge in [0.15, 0.2) is 0 Å². The minimum Gasteiger partial charge on any atom is -0.377 e. The van der Waals surface area contributed by atoms with Crippen molar-refractivity contribution < 1.29 is 38.1 Å². The monoisotopic (exact) mass is 759 g/mol. The van der Waals surface area contributed by atoms with Crippen molar-refractivity contribution in [3.63, 3.8) is 0 Å². The van der Waals surface area contributed by atoms with Gasteiger partial charge in [0, 0.05) is 30.5 Å². The van der Waals surface area contributed by atoms with E-state index in [0.717, 1.165) is 27.3 Å². The molecule has 0 spiro atoms. The molecule has 0 atom stereocenters. The molecule has 2 heterocycles. The van der Waals surface area contributed by atoms with Crippen molar-refractivity contribution >= 4 is 61.2 Å². The molecule has 2 aromatic carbocycles. The molecule has 0 bridgehead atoms. The third-order valence-electron chi connectivity index (χ3n) is 6.94. The Bertz CT molecular complexity index is 1480. The molecule has 4 rings (SSSR count). The molecule has 0 saturated carbocycles. The first kappa shape index (κ1) is 35.5. The Labute approximate surface area is 284 Å². The van der Waals surface area contributed by atoms with Gasteiger partial charge in [-0.25, -0.2) is 0 Å². The number of fused-ring (bicyclic) bond motifs is 2. The molecule has 46 heavy (non-hydrogen) atoms. The number of imide groups is 1. The van der Waals surface area contributed by atoms with Crippen molar-refractivity contribution in [1.82, 2.24) is 10.2 Å². The van der Waals surface area contributed by atoms with Crippen molar-refractivity contribution in [2.24, 2.45) is 0 Å². The number of hydrogen-bond donors (Lipinski definition) is 1. The van der Waals surface area contributed by atoms with Crippen molar-refractivity contribution in [2.75, 3.05) is 70.8 Å². The van der Waals surface area contributed by atoms with E-state index in [0.29, 0.717) is 59.3 Å². The average molecular weight is 761 g/mol. The molecule has 0 unspecified atom stereocenters. The minimum absolute atomic E-state index is 0.0736. The smallest absolute Gasteiger partial charge is 0.269 e. The van der Waals surface area contributed by atoms with E-state index < -0.39 is 0 Å². The number of nitrogens with one attached hydrogen (secondary N) is 1. The maximum atomic E-state index is 13.2. The Morgan fingerprint density at radius 2 is 1.26 bits per heavy atom. The molecule has 4 amide bonds. The van der Waals surface area contributed by atoms with Gasteiger partial charge in [-0.15, -0.1) is 0 Å². The second-order valence-corrected chi connectivity index (χ2v) is 11.7. The van der Waals surface area contributed by atoms with E-state index in [9.17, 15) is 19.2 Å². The van der Waals surface area contributed by atoms with Crippen molar-refractivity contribution in [3.8, 4) is 11.8 Å². The largest absolute Gasteiger partial charge is 0.377 e. The van der Waals surface area contributed by atoms with Crippen LogP contribution in [-0.2, 0) is 44.7 Å². The van der Waals surface area contributed by atoms with Crippen LogP contribution in [0.3, 0.4) is 0 Å². The van der Waals surface area contributed by atoms with E-state index in [2.05, 4.69) is 49.0 Å². The summed E-state index contributed by atoms with van der Waals surface area (Å²) in [5, 5.41) is 2.79. The number of carbonyl (C=O) groups excluding carboxylic acids is 4. The van der Waals surface area contributed by atoms with E-state index in [1.807, 2.05) is 48.5 Å². The quantitative estimate of drug-likeness (QED) is 0.140. The molecular formula is C33H35Br2N3O8. The van der Waals surface area contributed by atoms with Gasteiger partial charge in [-0.2, -0.15) is 0 Å². The summed E-state index contributed by atoms with van der Waals surface area (Å²) in [7, 11) is 0. The fourth-order valence-electron chi connectivity index (χ4n) is 4.55. The van der Waals surface area contributed by atoms with Crippen LogP contribution in [0.2, 0.25) is 0 Å². The van der Waals surface area contributed by atoms with Gasteiger partial charge in [0.25, 0.3) is 11.8 Å². The maximum absolute atomic E-state index is 13.2. The normalized spacial score (nSPS) is 14.0. The molecule has 0 aliphatic carbocycles. The van der Waals surface area contributed by atoms with Gasteiger partial charge in [0.2, 0.25) is 11.8 Å². The van der Waals surface area contributed by atoms with E-state index in [1.165, 1.54) is 0 Å². The van der Waals surface area contributed by atoms with Crippen molar-refractivity contribution in [1.29, 1.82) is 0 Å². The number of para-hydroxylation sites is 1. The van der Waals surface area contributed by atoms with Crippen LogP contribution >= 0.6 is 31.9 Å². The summed E-state index contributed by atoms with van der Waals surface area (Å²) in [5.74, 6) is 5.24. The first-order valence-corrected chi connectivity index (χ1v) is 16.4. The molecule has 2 aliphatic rings. The second-order valence-electron chi connectivity index (χ2n) is 10.1. The van der Waals surface area contributed by atoms with Gasteiger partial charge in [-0.1, -0.05) is 42.2 Å². The van der Waals surface area contributed by atoms with Crippen LogP contribution in [0.25, 0.3) is 0 Å². The molecule has 1 N–H and O–H groups in total. The van der Waals surface area contributed by atoms with Crippen LogP contribution in [0.5, 0.6) is 0 Å². The number of halogens is 2. The zero-order chi connectivity index (χ0) is 32.7. The number of rotatable bonds is 18. The molecule has 0 saturated heterocycles. The Balaban J connectivity index is 0.990. The molecule has 0 aromatic heterocycles. The van der Waals surface area contributed by atoms with Crippen LogP contribution in [0.1, 0.15) is 29.5 Å². The lowest BCUT2D eigenvalue weighted by molar-refractivity contribution is -0.138. The Morgan fingerprint density at radius 1 is 0.717 bits per heavy atom. The highest BCUT2D eigenvalue weighted by molar-refractivity contribution is 9.14.